The number of fused-ring (bicyclic) bond motifs is 1. The zero-order valence-corrected chi connectivity index (χ0v) is 17.6. The molecule has 3 heterocycles. The Morgan fingerprint density at radius 1 is 1.21 bits per heavy atom. The Bertz CT molecular complexity index is 1520. The predicted octanol–water partition coefficient (Wildman–Crippen LogP) is 4.22. The summed E-state index contributed by atoms with van der Waals surface area (Å²) in [4.78, 5) is 22.2. The van der Waals surface area contributed by atoms with Gasteiger partial charge in [0.05, 0.1) is 15.5 Å². The van der Waals surface area contributed by atoms with Gasteiger partial charge >= 0.3 is 0 Å². The van der Waals surface area contributed by atoms with Gasteiger partial charge in [0, 0.05) is 21.3 Å². The molecule has 8 nitrogen and oxygen atoms in total. The third-order valence-corrected chi connectivity index (χ3v) is 5.50. The van der Waals surface area contributed by atoms with E-state index in [-0.39, 0.29) is 18.8 Å². The Labute approximate surface area is 198 Å². The fourth-order valence-corrected chi connectivity index (χ4v) is 3.91. The molecule has 0 unspecified atom stereocenters. The third kappa shape index (κ3) is 4.03. The van der Waals surface area contributed by atoms with E-state index in [1.165, 1.54) is 6.33 Å². The highest BCUT2D eigenvalue weighted by Gasteiger charge is 2.28. The summed E-state index contributed by atoms with van der Waals surface area (Å²) in [5.41, 5.74) is 7.93. The lowest BCUT2D eigenvalue weighted by Crippen LogP contribution is -2.40. The third-order valence-electron chi connectivity index (χ3n) is 5.50. The number of hydrogen-bond donors (Lipinski definition) is 1. The zero-order valence-electron chi connectivity index (χ0n) is 22.6. The molecule has 5 rings (SSSR count). The van der Waals surface area contributed by atoms with E-state index in [2.05, 4.69) is 9.97 Å². The molecule has 33 heavy (non-hydrogen) atoms. The number of nitrogens with zero attached hydrogens (tertiary/aromatic N) is 5. The number of nitrogens with two attached hydrogens (primary N) is 1. The predicted molar refractivity (Wildman–Crippen MR) is 127 cm³/mol. The smallest absolute Gasteiger partial charge is 0.246 e. The maximum Gasteiger partial charge on any atom is 0.246 e. The standard InChI is InChI=1S/C25H24N6O2/c1-2-21(32)30-14-6-7-18(15-30)31-25-22(24(26)27-16-28-25)23(29-31)17-10-12-20(13-11-17)33-19-8-4-3-5-9-19/h2-5,8-13,16,18H,1,6-7,14-15H2,(H2,26,27,28)/t18-/m1/s1/i1D2,2D,14D2. The summed E-state index contributed by atoms with van der Waals surface area (Å²) in [7, 11) is 0. The lowest BCUT2D eigenvalue weighted by atomic mass is 10.1. The van der Waals surface area contributed by atoms with Gasteiger partial charge in [0.2, 0.25) is 5.91 Å². The fourth-order valence-electron chi connectivity index (χ4n) is 3.91. The van der Waals surface area contributed by atoms with Crippen molar-refractivity contribution in [1.82, 2.24) is 24.6 Å². The van der Waals surface area contributed by atoms with E-state index in [0.29, 0.717) is 34.6 Å². The van der Waals surface area contributed by atoms with Crippen LogP contribution < -0.4 is 10.5 Å². The molecule has 0 spiro atoms. The van der Waals surface area contributed by atoms with Gasteiger partial charge in [0.1, 0.15) is 29.3 Å². The van der Waals surface area contributed by atoms with E-state index in [0.717, 1.165) is 10.5 Å². The van der Waals surface area contributed by atoms with Gasteiger partial charge in [-0.3, -0.25) is 4.79 Å². The quantitative estimate of drug-likeness (QED) is 0.462. The Morgan fingerprint density at radius 2 is 2.00 bits per heavy atom. The molecule has 166 valence electrons. The molecular formula is C25H24N6O2. The van der Waals surface area contributed by atoms with Gasteiger partial charge in [-0.25, -0.2) is 14.6 Å². The topological polar surface area (TPSA) is 99.2 Å². The summed E-state index contributed by atoms with van der Waals surface area (Å²) in [5.74, 6) is 0.556. The van der Waals surface area contributed by atoms with Crippen molar-refractivity contribution in [3.8, 4) is 22.8 Å². The molecule has 1 atom stereocenters. The molecule has 0 saturated carbocycles. The molecule has 2 N–H and O–H groups in total. The highest BCUT2D eigenvalue weighted by Crippen LogP contribution is 2.34. The number of rotatable bonds is 5. The zero-order chi connectivity index (χ0) is 27.0. The summed E-state index contributed by atoms with van der Waals surface area (Å²) in [6.45, 7) is -3.13. The Balaban J connectivity index is 1.51. The van der Waals surface area contributed by atoms with Crippen LogP contribution in [-0.4, -0.2) is 43.6 Å². The van der Waals surface area contributed by atoms with E-state index in [1.54, 1.807) is 4.68 Å². The summed E-state index contributed by atoms with van der Waals surface area (Å²) < 4.78 is 46.5. The van der Waals surface area contributed by atoms with E-state index in [4.69, 9.17) is 22.4 Å². The molecule has 0 radical (unpaired) electrons. The average molecular weight is 446 g/mol. The highest BCUT2D eigenvalue weighted by molar-refractivity contribution is 5.98. The van der Waals surface area contributed by atoms with Crippen LogP contribution in [0.1, 0.15) is 25.7 Å². The van der Waals surface area contributed by atoms with Crippen molar-refractivity contribution in [3.63, 3.8) is 0 Å². The first-order valence-electron chi connectivity index (χ1n) is 12.9. The van der Waals surface area contributed by atoms with Crippen molar-refractivity contribution >= 4 is 22.8 Å². The number of benzene rings is 2. The molecule has 1 saturated heterocycles. The molecule has 1 aliphatic rings. The number of likely N-dealkylation sites (tertiary alicyclic amines) is 1. The molecule has 1 fully saturated rings. The highest BCUT2D eigenvalue weighted by atomic mass is 16.5. The van der Waals surface area contributed by atoms with Gasteiger partial charge in [-0.1, -0.05) is 24.7 Å². The Hall–Kier alpha value is -4.20. The lowest BCUT2D eigenvalue weighted by Gasteiger charge is -2.32. The molecule has 0 aliphatic carbocycles. The van der Waals surface area contributed by atoms with Crippen molar-refractivity contribution in [1.29, 1.82) is 0 Å². The summed E-state index contributed by atoms with van der Waals surface area (Å²) in [5, 5.41) is 5.30. The fraction of sp³-hybridized carbons (Fsp3) is 0.200. The molecule has 2 aromatic heterocycles. The number of hydrogen-bond acceptors (Lipinski definition) is 6. The number of aromatic nitrogens is 4. The number of carbonyl (C=O) groups is 1. The Morgan fingerprint density at radius 3 is 2.79 bits per heavy atom. The molecule has 1 aliphatic heterocycles. The van der Waals surface area contributed by atoms with E-state index in [9.17, 15) is 4.79 Å². The van der Waals surface area contributed by atoms with Gasteiger partial charge in [-0.15, -0.1) is 0 Å². The maximum absolute atomic E-state index is 12.8. The first-order valence-corrected chi connectivity index (χ1v) is 10.4. The van der Waals surface area contributed by atoms with Crippen LogP contribution >= 0.6 is 0 Å². The average Bonchev–Trinajstić information content (AvgIpc) is 3.30. The second kappa shape index (κ2) is 8.74. The molecule has 2 aromatic carbocycles. The van der Waals surface area contributed by atoms with Crippen LogP contribution in [0.4, 0.5) is 5.82 Å². The van der Waals surface area contributed by atoms with Crippen LogP contribution in [0.3, 0.4) is 0 Å². The van der Waals surface area contributed by atoms with Crippen LogP contribution in [0.25, 0.3) is 22.3 Å². The number of amides is 1. The second-order valence-electron chi connectivity index (χ2n) is 7.58. The van der Waals surface area contributed by atoms with Crippen molar-refractivity contribution < 1.29 is 16.4 Å². The van der Waals surface area contributed by atoms with Crippen LogP contribution in [0.2, 0.25) is 0 Å². The minimum Gasteiger partial charge on any atom is -0.457 e. The van der Waals surface area contributed by atoms with E-state index in [1.807, 2.05) is 54.6 Å². The molecule has 0 bridgehead atoms. The first-order chi connectivity index (χ1) is 18.2. The molecular weight excluding hydrogens is 416 g/mol. The minimum atomic E-state index is -2.04. The largest absolute Gasteiger partial charge is 0.457 e. The van der Waals surface area contributed by atoms with Gasteiger partial charge < -0.3 is 15.4 Å². The van der Waals surface area contributed by atoms with E-state index < -0.39 is 31.0 Å². The van der Waals surface area contributed by atoms with Gasteiger partial charge in [-0.2, -0.15) is 5.10 Å². The summed E-state index contributed by atoms with van der Waals surface area (Å²) in [6.07, 6.45) is 1.63. The normalized spacial score (nSPS) is 19.6. The van der Waals surface area contributed by atoms with Crippen molar-refractivity contribution in [2.75, 3.05) is 18.8 Å². The Kier molecular flexibility index (Phi) is 4.13. The van der Waals surface area contributed by atoms with Gasteiger partial charge in [0.15, 0.2) is 5.65 Å². The van der Waals surface area contributed by atoms with Crippen molar-refractivity contribution in [2.24, 2.45) is 0 Å². The summed E-state index contributed by atoms with van der Waals surface area (Å²) >= 11 is 0. The van der Waals surface area contributed by atoms with Crippen molar-refractivity contribution in [2.45, 2.75) is 18.9 Å². The van der Waals surface area contributed by atoms with Gasteiger partial charge in [0.25, 0.3) is 0 Å². The monoisotopic (exact) mass is 445 g/mol. The van der Waals surface area contributed by atoms with Crippen LogP contribution in [-0.2, 0) is 4.79 Å². The number of ether oxygens (including phenoxy) is 1. The maximum atomic E-state index is 12.8. The van der Waals surface area contributed by atoms with E-state index >= 15 is 0 Å². The van der Waals surface area contributed by atoms with Crippen molar-refractivity contribution in [3.05, 3.63) is 73.5 Å². The number of piperidine rings is 1. The number of nitrogen functional groups attached to an aromatic ring is 1. The number of carbonyl (C=O) groups excluding carboxylic acids is 1. The lowest BCUT2D eigenvalue weighted by molar-refractivity contribution is -0.127. The summed E-state index contributed by atoms with van der Waals surface area (Å²) in [6, 6.07) is 15.3. The van der Waals surface area contributed by atoms with Crippen LogP contribution in [0.5, 0.6) is 11.5 Å². The number of anilines is 1. The van der Waals surface area contributed by atoms with Crippen LogP contribution in [0, 0.1) is 0 Å². The van der Waals surface area contributed by atoms with Crippen LogP contribution in [0.15, 0.2) is 73.5 Å². The number of para-hydroxylation sites is 1. The second-order valence-corrected chi connectivity index (χ2v) is 7.58. The molecule has 1 amide bonds. The first kappa shape index (κ1) is 15.6. The van der Waals surface area contributed by atoms with Gasteiger partial charge in [-0.05, 0) is 55.3 Å². The molecule has 8 heteroatoms. The minimum absolute atomic E-state index is 0.0230. The SMILES string of the molecule is [2H]C([2H])=C([2H])C(=O)N1C[C@H](n2nc(-c3ccc(Oc4ccccc4)cc3)c3c(N)ncnc32)CCC1([2H])[2H]. The molecule has 4 aromatic rings.